The summed E-state index contributed by atoms with van der Waals surface area (Å²) in [5, 5.41) is 9.73. The van der Waals surface area contributed by atoms with Gasteiger partial charge in [0.25, 0.3) is 0 Å². The molecule has 4 rings (SSSR count). The Labute approximate surface area is 179 Å². The Balaban J connectivity index is 1.37. The van der Waals surface area contributed by atoms with Gasteiger partial charge >= 0.3 is 0 Å². The van der Waals surface area contributed by atoms with Crippen molar-refractivity contribution in [3.8, 4) is 22.9 Å². The molecule has 0 fully saturated rings. The van der Waals surface area contributed by atoms with Crippen LogP contribution >= 0.6 is 11.8 Å². The number of rotatable bonds is 10. The molecule has 0 radical (unpaired) electrons. The van der Waals surface area contributed by atoms with E-state index in [-0.39, 0.29) is 0 Å². The van der Waals surface area contributed by atoms with Crippen LogP contribution in [0, 0.1) is 0 Å². The smallest absolute Gasteiger partial charge is 0.191 e. The molecule has 154 valence electrons. The summed E-state index contributed by atoms with van der Waals surface area (Å²) >= 11 is 1.67. The summed E-state index contributed by atoms with van der Waals surface area (Å²) in [7, 11) is 1.65. The molecule has 0 aliphatic heterocycles. The van der Waals surface area contributed by atoms with Gasteiger partial charge in [-0.1, -0.05) is 42.1 Å². The Kier molecular flexibility index (Phi) is 6.72. The Morgan fingerprint density at radius 2 is 1.73 bits per heavy atom. The summed E-state index contributed by atoms with van der Waals surface area (Å²) in [6.07, 6.45) is 2.58. The molecule has 4 aromatic rings. The van der Waals surface area contributed by atoms with E-state index in [4.69, 9.17) is 13.9 Å². The maximum absolute atomic E-state index is 5.81. The second kappa shape index (κ2) is 10.0. The highest BCUT2D eigenvalue weighted by molar-refractivity contribution is 7.99. The SMILES string of the molecule is COc1ccc(OCCCSc2nnc(-c3ccccc3)n2Cc2ccco2)cc1. The van der Waals surface area contributed by atoms with Crippen LogP contribution < -0.4 is 9.47 Å². The molecule has 2 aromatic carbocycles. The third kappa shape index (κ3) is 5.04. The molecule has 0 bridgehead atoms. The molecule has 2 aromatic heterocycles. The summed E-state index contributed by atoms with van der Waals surface area (Å²) in [5.41, 5.74) is 1.03. The summed E-state index contributed by atoms with van der Waals surface area (Å²) in [6.45, 7) is 1.23. The predicted molar refractivity (Wildman–Crippen MR) is 117 cm³/mol. The molecule has 0 saturated carbocycles. The average Bonchev–Trinajstić information content (AvgIpc) is 3.45. The number of hydrogen-bond acceptors (Lipinski definition) is 6. The minimum absolute atomic E-state index is 0.592. The van der Waals surface area contributed by atoms with Gasteiger partial charge in [-0.05, 0) is 42.8 Å². The number of ether oxygens (including phenoxy) is 2. The van der Waals surface area contributed by atoms with E-state index in [1.54, 1.807) is 25.1 Å². The van der Waals surface area contributed by atoms with Crippen LogP contribution in [0.25, 0.3) is 11.4 Å². The van der Waals surface area contributed by atoms with Crippen molar-refractivity contribution >= 4 is 11.8 Å². The van der Waals surface area contributed by atoms with Crippen molar-refractivity contribution in [1.29, 1.82) is 0 Å². The molecular weight excluding hydrogens is 398 g/mol. The van der Waals surface area contributed by atoms with E-state index in [2.05, 4.69) is 14.8 Å². The van der Waals surface area contributed by atoms with Gasteiger partial charge in [0.1, 0.15) is 17.3 Å². The molecule has 0 atom stereocenters. The highest BCUT2D eigenvalue weighted by atomic mass is 32.2. The van der Waals surface area contributed by atoms with Crippen molar-refractivity contribution in [2.45, 2.75) is 18.1 Å². The highest BCUT2D eigenvalue weighted by Crippen LogP contribution is 2.26. The maximum atomic E-state index is 5.81. The van der Waals surface area contributed by atoms with Crippen molar-refractivity contribution in [3.63, 3.8) is 0 Å². The van der Waals surface area contributed by atoms with Gasteiger partial charge in [0.15, 0.2) is 11.0 Å². The number of nitrogens with zero attached hydrogens (tertiary/aromatic N) is 3. The minimum Gasteiger partial charge on any atom is -0.497 e. The molecule has 30 heavy (non-hydrogen) atoms. The van der Waals surface area contributed by atoms with Crippen molar-refractivity contribution in [2.75, 3.05) is 19.5 Å². The van der Waals surface area contributed by atoms with Crippen molar-refractivity contribution in [2.24, 2.45) is 0 Å². The fourth-order valence-electron chi connectivity index (χ4n) is 2.98. The Morgan fingerprint density at radius 3 is 2.47 bits per heavy atom. The lowest BCUT2D eigenvalue weighted by molar-refractivity contribution is 0.318. The number of hydrogen-bond donors (Lipinski definition) is 0. The third-order valence-electron chi connectivity index (χ3n) is 4.49. The number of benzene rings is 2. The van der Waals surface area contributed by atoms with Crippen LogP contribution in [0.2, 0.25) is 0 Å². The van der Waals surface area contributed by atoms with Crippen molar-refractivity contribution in [3.05, 3.63) is 78.8 Å². The normalized spacial score (nSPS) is 10.8. The van der Waals surface area contributed by atoms with Gasteiger partial charge in [-0.2, -0.15) is 0 Å². The molecule has 0 amide bonds. The van der Waals surface area contributed by atoms with Crippen molar-refractivity contribution < 1.29 is 13.9 Å². The first kappa shape index (κ1) is 20.1. The van der Waals surface area contributed by atoms with Crippen LogP contribution in [0.1, 0.15) is 12.2 Å². The number of thioether (sulfide) groups is 1. The summed E-state index contributed by atoms with van der Waals surface area (Å²) in [4.78, 5) is 0. The summed E-state index contributed by atoms with van der Waals surface area (Å²) < 4.78 is 18.6. The first-order valence-corrected chi connectivity index (χ1v) is 10.7. The van der Waals surface area contributed by atoms with Crippen molar-refractivity contribution in [1.82, 2.24) is 14.8 Å². The van der Waals surface area contributed by atoms with Crippen LogP contribution in [0.4, 0.5) is 0 Å². The van der Waals surface area contributed by atoms with Gasteiger partial charge in [-0.25, -0.2) is 0 Å². The Bertz CT molecular complexity index is 1030. The van der Waals surface area contributed by atoms with Crippen LogP contribution in [0.3, 0.4) is 0 Å². The molecule has 0 spiro atoms. The molecule has 0 unspecified atom stereocenters. The van der Waals surface area contributed by atoms with E-state index < -0.39 is 0 Å². The summed E-state index contributed by atoms with van der Waals surface area (Å²) in [6, 6.07) is 21.6. The van der Waals surface area contributed by atoms with Crippen LogP contribution in [0.5, 0.6) is 11.5 Å². The maximum Gasteiger partial charge on any atom is 0.191 e. The first-order valence-electron chi connectivity index (χ1n) is 9.74. The van der Waals surface area contributed by atoms with Crippen LogP contribution in [-0.4, -0.2) is 34.2 Å². The average molecular weight is 422 g/mol. The Morgan fingerprint density at radius 1 is 0.933 bits per heavy atom. The van der Waals surface area contributed by atoms with Gasteiger partial charge in [0.2, 0.25) is 0 Å². The zero-order chi connectivity index (χ0) is 20.6. The van der Waals surface area contributed by atoms with Gasteiger partial charge in [0, 0.05) is 11.3 Å². The molecule has 2 heterocycles. The lowest BCUT2D eigenvalue weighted by Gasteiger charge is -2.09. The fourth-order valence-corrected chi connectivity index (χ4v) is 3.83. The topological polar surface area (TPSA) is 62.3 Å². The van der Waals surface area contributed by atoms with Gasteiger partial charge in [-0.15, -0.1) is 10.2 Å². The highest BCUT2D eigenvalue weighted by Gasteiger charge is 2.15. The van der Waals surface area contributed by atoms with E-state index in [9.17, 15) is 0 Å². The van der Waals surface area contributed by atoms with Gasteiger partial charge < -0.3 is 13.9 Å². The standard InChI is InChI=1S/C23H23N3O3S/c1-27-19-10-12-20(13-11-19)28-15-6-16-30-23-25-24-22(18-7-3-2-4-8-18)26(23)17-21-9-5-14-29-21/h2-5,7-14H,6,15-17H2,1H3. The second-order valence-electron chi connectivity index (χ2n) is 6.56. The van der Waals surface area contributed by atoms with E-state index in [1.807, 2.05) is 66.7 Å². The molecule has 0 aliphatic carbocycles. The molecule has 0 saturated heterocycles. The third-order valence-corrected chi connectivity index (χ3v) is 5.54. The largest absolute Gasteiger partial charge is 0.497 e. The van der Waals surface area contributed by atoms with Gasteiger partial charge in [0.05, 0.1) is 26.5 Å². The minimum atomic E-state index is 0.592. The molecule has 7 heteroatoms. The zero-order valence-corrected chi connectivity index (χ0v) is 17.5. The first-order chi connectivity index (χ1) is 14.8. The molecule has 6 nitrogen and oxygen atoms in total. The predicted octanol–water partition coefficient (Wildman–Crippen LogP) is 5.16. The molecule has 0 N–H and O–H groups in total. The van der Waals surface area contributed by atoms with Crippen LogP contribution in [-0.2, 0) is 6.54 Å². The Hall–Kier alpha value is -3.19. The lowest BCUT2D eigenvalue weighted by Crippen LogP contribution is -2.04. The summed E-state index contributed by atoms with van der Waals surface area (Å²) in [5.74, 6) is 4.25. The zero-order valence-electron chi connectivity index (χ0n) is 16.7. The fraction of sp³-hybridized carbons (Fsp3) is 0.217. The van der Waals surface area contributed by atoms with E-state index >= 15 is 0 Å². The van der Waals surface area contributed by atoms with Crippen LogP contribution in [0.15, 0.2) is 82.6 Å². The lowest BCUT2D eigenvalue weighted by atomic mass is 10.2. The monoisotopic (exact) mass is 421 g/mol. The second-order valence-corrected chi connectivity index (χ2v) is 7.63. The number of methoxy groups -OCH3 is 1. The van der Waals surface area contributed by atoms with E-state index in [0.717, 1.165) is 46.0 Å². The quantitative estimate of drug-likeness (QED) is 0.260. The number of furan rings is 1. The number of aromatic nitrogens is 3. The van der Waals surface area contributed by atoms with E-state index in [1.165, 1.54) is 0 Å². The molecule has 0 aliphatic rings. The molecular formula is C23H23N3O3S. The van der Waals surface area contributed by atoms with Gasteiger partial charge in [-0.3, -0.25) is 4.57 Å². The van der Waals surface area contributed by atoms with E-state index in [0.29, 0.717) is 13.2 Å².